The second kappa shape index (κ2) is 5.31. The summed E-state index contributed by atoms with van der Waals surface area (Å²) in [6.07, 6.45) is 7.28. The van der Waals surface area contributed by atoms with Gasteiger partial charge >= 0.3 is 0 Å². The molecule has 1 aromatic carbocycles. The summed E-state index contributed by atoms with van der Waals surface area (Å²) in [4.78, 5) is 11.3. The summed E-state index contributed by atoms with van der Waals surface area (Å²) in [5, 5.41) is 0. The molecule has 0 amide bonds. The number of ketones is 1. The molecule has 1 aliphatic rings. The lowest BCUT2D eigenvalue weighted by molar-refractivity contribution is -0.118. The lowest BCUT2D eigenvalue weighted by Crippen LogP contribution is -2.13. The molecule has 0 aromatic heterocycles. The van der Waals surface area contributed by atoms with Gasteiger partial charge in [0.05, 0.1) is 0 Å². The molecule has 0 heterocycles. The Labute approximate surface area is 101 Å². The Morgan fingerprint density at radius 1 is 1.25 bits per heavy atom. The van der Waals surface area contributed by atoms with Crippen LogP contribution in [0.15, 0.2) is 24.3 Å². The van der Waals surface area contributed by atoms with Gasteiger partial charge in [-0.3, -0.25) is 4.79 Å². The van der Waals surface area contributed by atoms with Crippen LogP contribution in [0.25, 0.3) is 6.08 Å². The van der Waals surface area contributed by atoms with Crippen LogP contribution in [0.2, 0.25) is 0 Å². The Morgan fingerprint density at radius 2 is 2.12 bits per heavy atom. The lowest BCUT2D eigenvalue weighted by atomic mass is 9.89. The van der Waals surface area contributed by atoms with Crippen LogP contribution in [0.1, 0.15) is 29.5 Å². The van der Waals surface area contributed by atoms with Crippen LogP contribution in [-0.4, -0.2) is 11.7 Å². The van der Waals surface area contributed by atoms with E-state index in [9.17, 15) is 4.79 Å². The molecule has 0 N–H and O–H groups in total. The number of hydrogen-bond donors (Lipinski definition) is 0. The van der Waals surface area contributed by atoms with Crippen LogP contribution >= 0.6 is 11.6 Å². The van der Waals surface area contributed by atoms with Crippen LogP contribution < -0.4 is 0 Å². The van der Waals surface area contributed by atoms with Gasteiger partial charge in [0, 0.05) is 18.7 Å². The minimum atomic E-state index is 0.359. The van der Waals surface area contributed by atoms with Crippen molar-refractivity contribution < 1.29 is 4.79 Å². The normalized spacial score (nSPS) is 15.4. The first-order valence-corrected chi connectivity index (χ1v) is 6.19. The lowest BCUT2D eigenvalue weighted by Gasteiger charge is -2.14. The highest BCUT2D eigenvalue weighted by Gasteiger charge is 2.14. The molecule has 84 valence electrons. The molecule has 2 rings (SSSR count). The van der Waals surface area contributed by atoms with E-state index in [1.165, 1.54) is 16.7 Å². The van der Waals surface area contributed by atoms with Crippen LogP contribution in [0.3, 0.4) is 0 Å². The van der Waals surface area contributed by atoms with Crippen LogP contribution in [0.4, 0.5) is 0 Å². The fraction of sp³-hybridized carbons (Fsp3) is 0.357. The van der Waals surface area contributed by atoms with E-state index in [1.54, 1.807) is 0 Å². The smallest absolute Gasteiger partial charge is 0.137 e. The van der Waals surface area contributed by atoms with Crippen LogP contribution in [0, 0.1) is 0 Å². The average molecular weight is 235 g/mol. The molecule has 0 saturated heterocycles. The van der Waals surface area contributed by atoms with Gasteiger partial charge in [0.1, 0.15) is 5.78 Å². The van der Waals surface area contributed by atoms with Crippen molar-refractivity contribution >= 4 is 23.5 Å². The summed E-state index contributed by atoms with van der Waals surface area (Å²) in [6, 6.07) is 6.33. The number of rotatable bonds is 3. The topological polar surface area (TPSA) is 17.1 Å². The van der Waals surface area contributed by atoms with E-state index >= 15 is 0 Å². The molecule has 1 nitrogen and oxygen atoms in total. The van der Waals surface area contributed by atoms with E-state index in [4.69, 9.17) is 11.6 Å². The largest absolute Gasteiger partial charge is 0.299 e. The minimum absolute atomic E-state index is 0.359. The van der Waals surface area contributed by atoms with Crippen molar-refractivity contribution in [3.8, 4) is 0 Å². The Bertz CT molecular complexity index is 421. The van der Waals surface area contributed by atoms with Gasteiger partial charge < -0.3 is 0 Å². The highest BCUT2D eigenvalue weighted by molar-refractivity contribution is 6.17. The van der Waals surface area contributed by atoms with Crippen molar-refractivity contribution in [1.29, 1.82) is 0 Å². The fourth-order valence-electron chi connectivity index (χ4n) is 2.01. The minimum Gasteiger partial charge on any atom is -0.299 e. The predicted molar refractivity (Wildman–Crippen MR) is 67.8 cm³/mol. The number of carbonyl (C=O) groups is 1. The number of aryl methyl sites for hydroxylation is 1. The Morgan fingerprint density at radius 3 is 2.94 bits per heavy atom. The van der Waals surface area contributed by atoms with Crippen molar-refractivity contribution in [3.05, 3.63) is 41.0 Å². The number of fused-ring (bicyclic) bond motifs is 1. The molecule has 0 bridgehead atoms. The summed E-state index contributed by atoms with van der Waals surface area (Å²) in [7, 11) is 0. The third-order valence-electron chi connectivity index (χ3n) is 2.88. The molecule has 0 saturated carbocycles. The number of alkyl halides is 1. The summed E-state index contributed by atoms with van der Waals surface area (Å²) in [6.45, 7) is 0. The second-order valence-corrected chi connectivity index (χ2v) is 4.50. The summed E-state index contributed by atoms with van der Waals surface area (Å²) in [5.41, 5.74) is 3.73. The first-order valence-electron chi connectivity index (χ1n) is 5.65. The first-order chi connectivity index (χ1) is 7.79. The number of carbonyl (C=O) groups excluding carboxylic acids is 1. The van der Waals surface area contributed by atoms with Crippen LogP contribution in [0.5, 0.6) is 0 Å². The number of benzene rings is 1. The summed E-state index contributed by atoms with van der Waals surface area (Å²) in [5.74, 6) is 1.02. The number of Topliss-reactive ketones (excluding diaryl/α,β-unsaturated/α-hetero) is 1. The van der Waals surface area contributed by atoms with E-state index in [0.717, 1.165) is 12.8 Å². The van der Waals surface area contributed by atoms with E-state index in [2.05, 4.69) is 30.4 Å². The quantitative estimate of drug-likeness (QED) is 0.733. The predicted octanol–water partition coefficient (Wildman–Crippen LogP) is 3.39. The molecule has 0 aliphatic heterocycles. The van der Waals surface area contributed by atoms with Crippen molar-refractivity contribution in [2.75, 3.05) is 5.88 Å². The Kier molecular flexibility index (Phi) is 3.79. The molecule has 0 unspecified atom stereocenters. The van der Waals surface area contributed by atoms with Gasteiger partial charge in [-0.25, -0.2) is 0 Å². The fourth-order valence-corrected chi connectivity index (χ4v) is 2.14. The average Bonchev–Trinajstić information content (AvgIpc) is 2.29. The molecule has 0 spiro atoms. The van der Waals surface area contributed by atoms with Crippen molar-refractivity contribution in [2.45, 2.75) is 25.7 Å². The molecular formula is C14H15ClO. The van der Waals surface area contributed by atoms with Gasteiger partial charge in [0.15, 0.2) is 0 Å². The van der Waals surface area contributed by atoms with Gasteiger partial charge in [0.2, 0.25) is 0 Å². The maximum atomic E-state index is 11.3. The summed E-state index contributed by atoms with van der Waals surface area (Å²) >= 11 is 5.61. The van der Waals surface area contributed by atoms with Crippen molar-refractivity contribution in [1.82, 2.24) is 0 Å². The van der Waals surface area contributed by atoms with Crippen molar-refractivity contribution in [3.63, 3.8) is 0 Å². The molecule has 16 heavy (non-hydrogen) atoms. The second-order valence-electron chi connectivity index (χ2n) is 4.12. The zero-order chi connectivity index (χ0) is 11.4. The van der Waals surface area contributed by atoms with E-state index in [1.807, 2.05) is 0 Å². The first kappa shape index (κ1) is 11.4. The van der Waals surface area contributed by atoms with Gasteiger partial charge in [-0.1, -0.05) is 30.4 Å². The molecule has 0 atom stereocenters. The zero-order valence-corrected chi connectivity index (χ0v) is 9.96. The highest BCUT2D eigenvalue weighted by Crippen LogP contribution is 2.21. The van der Waals surface area contributed by atoms with Gasteiger partial charge in [-0.05, 0) is 29.5 Å². The Balaban J connectivity index is 2.16. The van der Waals surface area contributed by atoms with E-state index in [0.29, 0.717) is 24.5 Å². The molecule has 2 heteroatoms. The number of allylic oxidation sites excluding steroid dienone is 1. The number of hydrogen-bond acceptors (Lipinski definition) is 1. The highest BCUT2D eigenvalue weighted by atomic mass is 35.5. The van der Waals surface area contributed by atoms with Gasteiger partial charge in [0.25, 0.3) is 0 Å². The molecule has 1 aromatic rings. The zero-order valence-electron chi connectivity index (χ0n) is 9.21. The molecule has 1 aliphatic carbocycles. The van der Waals surface area contributed by atoms with Gasteiger partial charge in [-0.15, -0.1) is 11.6 Å². The molecule has 0 fully saturated rings. The maximum absolute atomic E-state index is 11.3. The van der Waals surface area contributed by atoms with Crippen molar-refractivity contribution in [2.24, 2.45) is 0 Å². The SMILES string of the molecule is O=C1CCc2cc(C=CCCCl)ccc2C1. The molecule has 0 radical (unpaired) electrons. The van der Waals surface area contributed by atoms with Gasteiger partial charge in [-0.2, -0.15) is 0 Å². The van der Waals surface area contributed by atoms with Crippen LogP contribution in [-0.2, 0) is 17.6 Å². The third-order valence-corrected chi connectivity index (χ3v) is 3.10. The monoisotopic (exact) mass is 234 g/mol. The van der Waals surface area contributed by atoms with E-state index in [-0.39, 0.29) is 0 Å². The standard InChI is InChI=1S/C14H15ClO/c15-8-2-1-3-11-4-5-13-10-14(16)7-6-12(13)9-11/h1,3-5,9H,2,6-8,10H2. The maximum Gasteiger partial charge on any atom is 0.137 e. The third kappa shape index (κ3) is 2.73. The summed E-state index contributed by atoms with van der Waals surface area (Å²) < 4.78 is 0. The number of halogens is 1. The van der Waals surface area contributed by atoms with E-state index < -0.39 is 0 Å². The Hall–Kier alpha value is -1.08. The molecular weight excluding hydrogens is 220 g/mol.